The van der Waals surface area contributed by atoms with Gasteiger partial charge < -0.3 is 10.6 Å². The fourth-order valence-corrected chi connectivity index (χ4v) is 4.49. The highest BCUT2D eigenvalue weighted by molar-refractivity contribution is 7.20. The number of benzene rings is 2. The zero-order valence-electron chi connectivity index (χ0n) is 16.4. The quantitative estimate of drug-likeness (QED) is 0.463. The fourth-order valence-electron chi connectivity index (χ4n) is 3.18. The van der Waals surface area contributed by atoms with Gasteiger partial charge in [-0.05, 0) is 42.8 Å². The Bertz CT molecular complexity index is 1260. The van der Waals surface area contributed by atoms with Crippen LogP contribution in [0.2, 0.25) is 5.02 Å². The predicted octanol–water partition coefficient (Wildman–Crippen LogP) is 4.94. The van der Waals surface area contributed by atoms with Crippen molar-refractivity contribution in [1.29, 1.82) is 0 Å². The lowest BCUT2D eigenvalue weighted by molar-refractivity contribution is -0.114. The standard InChI is InChI=1S/C22H19ClN4O2S/c1-13-17-11-20(30-22(17)27(26-13)19-9-4-3-8-18(19)23)21(29)24-12-15-6-5-7-16(10-15)25-14(2)28/h3-11H,12H2,1-2H3,(H,24,29)(H,25,28). The van der Waals surface area contributed by atoms with Gasteiger partial charge in [0.2, 0.25) is 5.91 Å². The molecule has 0 saturated heterocycles. The van der Waals surface area contributed by atoms with Crippen LogP contribution in [0, 0.1) is 6.92 Å². The second kappa shape index (κ2) is 8.30. The van der Waals surface area contributed by atoms with Crippen LogP contribution >= 0.6 is 22.9 Å². The van der Waals surface area contributed by atoms with E-state index in [4.69, 9.17) is 11.6 Å². The van der Waals surface area contributed by atoms with Crippen LogP contribution < -0.4 is 10.6 Å². The van der Waals surface area contributed by atoms with E-state index in [1.54, 1.807) is 4.68 Å². The number of amides is 2. The van der Waals surface area contributed by atoms with Gasteiger partial charge in [-0.3, -0.25) is 9.59 Å². The molecular weight excluding hydrogens is 420 g/mol. The van der Waals surface area contributed by atoms with Crippen LogP contribution in [0.4, 0.5) is 5.69 Å². The van der Waals surface area contributed by atoms with Gasteiger partial charge in [0.1, 0.15) is 4.83 Å². The minimum Gasteiger partial charge on any atom is -0.347 e. The summed E-state index contributed by atoms with van der Waals surface area (Å²) in [6.45, 7) is 3.73. The number of halogens is 1. The third kappa shape index (κ3) is 4.08. The smallest absolute Gasteiger partial charge is 0.261 e. The lowest BCUT2D eigenvalue weighted by Gasteiger charge is -2.07. The molecule has 0 aliphatic carbocycles. The third-order valence-corrected chi connectivity index (χ3v) is 5.98. The molecule has 4 rings (SSSR count). The first-order chi connectivity index (χ1) is 14.4. The molecule has 2 heterocycles. The van der Waals surface area contributed by atoms with E-state index in [-0.39, 0.29) is 11.8 Å². The van der Waals surface area contributed by atoms with Crippen LogP contribution in [0.1, 0.15) is 27.9 Å². The number of hydrogen-bond acceptors (Lipinski definition) is 4. The first-order valence-corrected chi connectivity index (χ1v) is 10.5. The van der Waals surface area contributed by atoms with Gasteiger partial charge in [-0.15, -0.1) is 11.3 Å². The summed E-state index contributed by atoms with van der Waals surface area (Å²) in [6, 6.07) is 16.7. The van der Waals surface area contributed by atoms with Crippen LogP contribution in [0.15, 0.2) is 54.6 Å². The van der Waals surface area contributed by atoms with Gasteiger partial charge in [-0.25, -0.2) is 4.68 Å². The third-order valence-electron chi connectivity index (χ3n) is 4.55. The largest absolute Gasteiger partial charge is 0.347 e. The average Bonchev–Trinajstić information content (AvgIpc) is 3.27. The van der Waals surface area contributed by atoms with E-state index in [2.05, 4.69) is 15.7 Å². The first kappa shape index (κ1) is 20.1. The number of nitrogens with one attached hydrogen (secondary N) is 2. The highest BCUT2D eigenvalue weighted by Gasteiger charge is 2.18. The van der Waals surface area contributed by atoms with Gasteiger partial charge in [-0.1, -0.05) is 35.9 Å². The summed E-state index contributed by atoms with van der Waals surface area (Å²) < 4.78 is 1.78. The lowest BCUT2D eigenvalue weighted by atomic mass is 10.2. The van der Waals surface area contributed by atoms with Crippen molar-refractivity contribution in [2.75, 3.05) is 5.32 Å². The molecule has 0 saturated carbocycles. The van der Waals surface area contributed by atoms with Crippen molar-refractivity contribution >= 4 is 50.7 Å². The minimum absolute atomic E-state index is 0.135. The summed E-state index contributed by atoms with van der Waals surface area (Å²) in [4.78, 5) is 25.4. The number of hydrogen-bond donors (Lipinski definition) is 2. The number of thiophene rings is 1. The fraction of sp³-hybridized carbons (Fsp3) is 0.136. The van der Waals surface area contributed by atoms with Crippen molar-refractivity contribution < 1.29 is 9.59 Å². The molecule has 2 amide bonds. The van der Waals surface area contributed by atoms with Crippen LogP contribution in [-0.2, 0) is 11.3 Å². The van der Waals surface area contributed by atoms with E-state index in [9.17, 15) is 9.59 Å². The molecule has 2 aromatic carbocycles. The zero-order chi connectivity index (χ0) is 21.3. The molecule has 2 N–H and O–H groups in total. The summed E-state index contributed by atoms with van der Waals surface area (Å²) in [5, 5.41) is 11.8. The maximum Gasteiger partial charge on any atom is 0.261 e. The summed E-state index contributed by atoms with van der Waals surface area (Å²) in [5.41, 5.74) is 3.21. The number of aryl methyl sites for hydroxylation is 1. The number of aromatic nitrogens is 2. The molecule has 0 spiro atoms. The van der Waals surface area contributed by atoms with Crippen molar-refractivity contribution in [1.82, 2.24) is 15.1 Å². The molecule has 0 fully saturated rings. The van der Waals surface area contributed by atoms with E-state index in [0.29, 0.717) is 22.1 Å². The number of para-hydroxylation sites is 1. The molecular formula is C22H19ClN4O2S. The van der Waals surface area contributed by atoms with Crippen molar-refractivity contribution in [2.24, 2.45) is 0 Å². The number of fused-ring (bicyclic) bond motifs is 1. The SMILES string of the molecule is CC(=O)Nc1cccc(CNC(=O)c2cc3c(C)nn(-c4ccccc4Cl)c3s2)c1. The minimum atomic E-state index is -0.161. The second-order valence-corrected chi connectivity index (χ2v) is 8.28. The predicted molar refractivity (Wildman–Crippen MR) is 121 cm³/mol. The van der Waals surface area contributed by atoms with Crippen LogP contribution in [0.5, 0.6) is 0 Å². The highest BCUT2D eigenvalue weighted by Crippen LogP contribution is 2.32. The molecule has 6 nitrogen and oxygen atoms in total. The van der Waals surface area contributed by atoms with Gasteiger partial charge in [0.05, 0.1) is 21.3 Å². The monoisotopic (exact) mass is 438 g/mol. The zero-order valence-corrected chi connectivity index (χ0v) is 18.0. The number of carbonyl (C=O) groups is 2. The maximum absolute atomic E-state index is 12.7. The lowest BCUT2D eigenvalue weighted by Crippen LogP contribution is -2.21. The summed E-state index contributed by atoms with van der Waals surface area (Å²) in [6.07, 6.45) is 0. The highest BCUT2D eigenvalue weighted by atomic mass is 35.5. The Hall–Kier alpha value is -3.16. The molecule has 0 atom stereocenters. The molecule has 0 unspecified atom stereocenters. The van der Waals surface area contributed by atoms with E-state index in [1.165, 1.54) is 18.3 Å². The van der Waals surface area contributed by atoms with Gasteiger partial charge in [0, 0.05) is 24.5 Å². The summed E-state index contributed by atoms with van der Waals surface area (Å²) in [7, 11) is 0. The Morgan fingerprint density at radius 3 is 2.70 bits per heavy atom. The van der Waals surface area contributed by atoms with E-state index in [1.807, 2.05) is 61.5 Å². The van der Waals surface area contributed by atoms with Crippen molar-refractivity contribution in [3.63, 3.8) is 0 Å². The van der Waals surface area contributed by atoms with Crippen LogP contribution in [0.25, 0.3) is 15.9 Å². The first-order valence-electron chi connectivity index (χ1n) is 9.31. The summed E-state index contributed by atoms with van der Waals surface area (Å²) in [5.74, 6) is -0.296. The van der Waals surface area contributed by atoms with E-state index in [0.717, 1.165) is 27.2 Å². The summed E-state index contributed by atoms with van der Waals surface area (Å²) >= 11 is 7.71. The maximum atomic E-state index is 12.7. The molecule has 0 bridgehead atoms. The Morgan fingerprint density at radius 2 is 1.93 bits per heavy atom. The number of rotatable bonds is 5. The number of anilines is 1. The molecule has 2 aromatic heterocycles. The van der Waals surface area contributed by atoms with Crippen molar-refractivity contribution in [3.05, 3.63) is 75.8 Å². The van der Waals surface area contributed by atoms with E-state index >= 15 is 0 Å². The Labute approximate surface area is 182 Å². The average molecular weight is 439 g/mol. The molecule has 0 aliphatic rings. The van der Waals surface area contributed by atoms with Gasteiger partial charge >= 0.3 is 0 Å². The normalized spacial score (nSPS) is 10.9. The number of nitrogens with zero attached hydrogens (tertiary/aromatic N) is 2. The molecule has 4 aromatic rings. The molecule has 152 valence electrons. The van der Waals surface area contributed by atoms with E-state index < -0.39 is 0 Å². The van der Waals surface area contributed by atoms with Crippen molar-refractivity contribution in [3.8, 4) is 5.69 Å². The Kier molecular flexibility index (Phi) is 5.57. The molecule has 0 aliphatic heterocycles. The van der Waals surface area contributed by atoms with Crippen molar-refractivity contribution in [2.45, 2.75) is 20.4 Å². The topological polar surface area (TPSA) is 76.0 Å². The number of carbonyl (C=O) groups excluding carboxylic acids is 2. The molecule has 30 heavy (non-hydrogen) atoms. The van der Waals surface area contributed by atoms with Crippen LogP contribution in [0.3, 0.4) is 0 Å². The van der Waals surface area contributed by atoms with Gasteiger partial charge in [0.15, 0.2) is 0 Å². The Morgan fingerprint density at radius 1 is 1.13 bits per heavy atom. The Balaban J connectivity index is 1.55. The second-order valence-electron chi connectivity index (χ2n) is 6.84. The van der Waals surface area contributed by atoms with Gasteiger partial charge in [-0.2, -0.15) is 5.10 Å². The van der Waals surface area contributed by atoms with Crippen LogP contribution in [-0.4, -0.2) is 21.6 Å². The molecule has 8 heteroatoms. The molecule has 0 radical (unpaired) electrons. The van der Waals surface area contributed by atoms with Gasteiger partial charge in [0.25, 0.3) is 5.91 Å².